The van der Waals surface area contributed by atoms with Crippen LogP contribution in [0.1, 0.15) is 44.6 Å². The zero-order valence-corrected chi connectivity index (χ0v) is 22.0. The number of hydrogen-bond donors (Lipinski definition) is 2. The first-order valence-electron chi connectivity index (χ1n) is 12.3. The van der Waals surface area contributed by atoms with E-state index >= 15 is 0 Å². The van der Waals surface area contributed by atoms with Gasteiger partial charge in [-0.25, -0.2) is 9.78 Å². The second-order valence-electron chi connectivity index (χ2n) is 10.0. The molecule has 0 bridgehead atoms. The molecule has 1 atom stereocenters. The molecular weight excluding hydrogens is 466 g/mol. The highest BCUT2D eigenvalue weighted by Crippen LogP contribution is 2.39. The maximum atomic E-state index is 13.7. The number of amides is 2. The van der Waals surface area contributed by atoms with Gasteiger partial charge >= 0.3 is 6.03 Å². The van der Waals surface area contributed by atoms with Gasteiger partial charge in [0, 0.05) is 30.2 Å². The number of aromatic nitrogens is 2. The van der Waals surface area contributed by atoms with Gasteiger partial charge in [0.2, 0.25) is 0 Å². The molecule has 3 N–H and O–H groups in total. The molecule has 1 unspecified atom stereocenters. The Morgan fingerprint density at radius 1 is 1.08 bits per heavy atom. The van der Waals surface area contributed by atoms with Crippen molar-refractivity contribution in [3.05, 3.63) is 95.1 Å². The topological polar surface area (TPSA) is 76.2 Å². The van der Waals surface area contributed by atoms with Crippen molar-refractivity contribution in [2.24, 2.45) is 11.1 Å². The molecule has 0 aliphatic carbocycles. The molecule has 0 spiro atoms. The zero-order chi connectivity index (χ0) is 25.5. The van der Waals surface area contributed by atoms with Crippen LogP contribution in [0.3, 0.4) is 0 Å². The lowest BCUT2D eigenvalue weighted by Gasteiger charge is -2.40. The van der Waals surface area contributed by atoms with Gasteiger partial charge in [0.1, 0.15) is 5.82 Å². The van der Waals surface area contributed by atoms with Crippen molar-refractivity contribution < 1.29 is 4.79 Å². The number of carbonyl (C=O) groups excluding carboxylic acids is 1. The Morgan fingerprint density at radius 2 is 1.78 bits per heavy atom. The number of nitrogens with one attached hydrogen (secondary N) is 1. The van der Waals surface area contributed by atoms with E-state index < -0.39 is 0 Å². The third-order valence-electron chi connectivity index (χ3n) is 6.09. The molecule has 0 saturated heterocycles. The molecule has 2 heterocycles. The van der Waals surface area contributed by atoms with E-state index in [9.17, 15) is 4.79 Å². The van der Waals surface area contributed by atoms with Crippen LogP contribution in [0.25, 0.3) is 11.3 Å². The number of nitrogens with zero attached hydrogens (tertiary/aromatic N) is 3. The molecule has 36 heavy (non-hydrogen) atoms. The molecule has 2 amide bonds. The number of anilines is 1. The highest BCUT2D eigenvalue weighted by molar-refractivity contribution is 7.08. The van der Waals surface area contributed by atoms with Gasteiger partial charge in [-0.2, -0.15) is 11.3 Å². The monoisotopic (exact) mass is 501 g/mol. The first-order chi connectivity index (χ1) is 17.4. The Hall–Kier alpha value is -3.42. The highest BCUT2D eigenvalue weighted by atomic mass is 32.1. The molecule has 2 aromatic heterocycles. The summed E-state index contributed by atoms with van der Waals surface area (Å²) in [6.07, 6.45) is 2.81. The number of carbonyl (C=O) groups is 1. The van der Waals surface area contributed by atoms with Gasteiger partial charge in [-0.3, -0.25) is 0 Å². The summed E-state index contributed by atoms with van der Waals surface area (Å²) in [5.41, 5.74) is 9.54. The lowest BCUT2D eigenvalue weighted by molar-refractivity contribution is 0.116. The fourth-order valence-electron chi connectivity index (χ4n) is 4.44. The smallest absolute Gasteiger partial charge is 0.322 e. The third kappa shape index (κ3) is 6.22. The third-order valence-corrected chi connectivity index (χ3v) is 6.77. The quantitative estimate of drug-likeness (QED) is 0.270. The number of urea groups is 1. The SMILES string of the molecule is CC(C)(C)C(c1nc(-c2ccccc2)cn1Cc1ccccc1)N(CCCN)C(=O)Nc1ccsc1. The van der Waals surface area contributed by atoms with Crippen LogP contribution < -0.4 is 11.1 Å². The molecule has 0 radical (unpaired) electrons. The van der Waals surface area contributed by atoms with E-state index in [-0.39, 0.29) is 17.5 Å². The van der Waals surface area contributed by atoms with Crippen molar-refractivity contribution in [2.75, 3.05) is 18.4 Å². The normalized spacial score (nSPS) is 12.3. The maximum absolute atomic E-state index is 13.7. The van der Waals surface area contributed by atoms with E-state index in [4.69, 9.17) is 10.7 Å². The number of thiophene rings is 1. The highest BCUT2D eigenvalue weighted by Gasteiger charge is 2.38. The van der Waals surface area contributed by atoms with Gasteiger partial charge in [-0.1, -0.05) is 81.4 Å². The van der Waals surface area contributed by atoms with Gasteiger partial charge in [-0.05, 0) is 35.4 Å². The number of nitrogens with two attached hydrogens (primary N) is 1. The molecule has 188 valence electrons. The van der Waals surface area contributed by atoms with Crippen LogP contribution >= 0.6 is 11.3 Å². The molecule has 6 nitrogen and oxygen atoms in total. The van der Waals surface area contributed by atoms with E-state index in [0.29, 0.717) is 26.1 Å². The minimum Gasteiger partial charge on any atom is -0.330 e. The summed E-state index contributed by atoms with van der Waals surface area (Å²) in [7, 11) is 0. The molecule has 0 aliphatic heterocycles. The van der Waals surface area contributed by atoms with E-state index in [1.165, 1.54) is 5.56 Å². The molecular formula is C29H35N5OS. The van der Waals surface area contributed by atoms with E-state index in [0.717, 1.165) is 22.8 Å². The molecule has 0 saturated carbocycles. The second kappa shape index (κ2) is 11.5. The average molecular weight is 502 g/mol. The van der Waals surface area contributed by atoms with E-state index in [1.807, 2.05) is 58.1 Å². The van der Waals surface area contributed by atoms with Gasteiger partial charge in [0.15, 0.2) is 0 Å². The van der Waals surface area contributed by atoms with Crippen LogP contribution in [0.4, 0.5) is 10.5 Å². The summed E-state index contributed by atoms with van der Waals surface area (Å²) in [6, 6.07) is 22.0. The van der Waals surface area contributed by atoms with Crippen molar-refractivity contribution in [1.29, 1.82) is 0 Å². The molecule has 4 aromatic rings. The summed E-state index contributed by atoms with van der Waals surface area (Å²) in [5.74, 6) is 0.864. The second-order valence-corrected chi connectivity index (χ2v) is 10.8. The number of hydrogen-bond acceptors (Lipinski definition) is 4. The van der Waals surface area contributed by atoms with Crippen molar-refractivity contribution >= 4 is 23.1 Å². The fraction of sp³-hybridized carbons (Fsp3) is 0.310. The first-order valence-corrected chi connectivity index (χ1v) is 13.3. The molecule has 7 heteroatoms. The Bertz CT molecular complexity index is 1230. The van der Waals surface area contributed by atoms with Crippen LogP contribution in [0.5, 0.6) is 0 Å². The van der Waals surface area contributed by atoms with Crippen molar-refractivity contribution in [1.82, 2.24) is 14.5 Å². The molecule has 4 rings (SSSR count). The number of rotatable bonds is 9. The predicted octanol–water partition coefficient (Wildman–Crippen LogP) is 6.63. The minimum atomic E-state index is -0.283. The summed E-state index contributed by atoms with van der Waals surface area (Å²) in [4.78, 5) is 20.7. The first kappa shape index (κ1) is 25.7. The molecule has 0 fully saturated rings. The number of imidazole rings is 1. The summed E-state index contributed by atoms with van der Waals surface area (Å²) in [5, 5.41) is 6.98. The van der Waals surface area contributed by atoms with Crippen molar-refractivity contribution in [2.45, 2.75) is 39.8 Å². The Kier molecular flexibility index (Phi) is 8.23. The lowest BCUT2D eigenvalue weighted by Crippen LogP contribution is -2.45. The summed E-state index contributed by atoms with van der Waals surface area (Å²) < 4.78 is 2.20. The van der Waals surface area contributed by atoms with Crippen LogP contribution in [-0.4, -0.2) is 33.6 Å². The van der Waals surface area contributed by atoms with Gasteiger partial charge in [-0.15, -0.1) is 0 Å². The van der Waals surface area contributed by atoms with Crippen LogP contribution in [0.15, 0.2) is 83.7 Å². The predicted molar refractivity (Wildman–Crippen MR) is 149 cm³/mol. The van der Waals surface area contributed by atoms with Crippen LogP contribution in [0, 0.1) is 5.41 Å². The van der Waals surface area contributed by atoms with Crippen molar-refractivity contribution in [3.63, 3.8) is 0 Å². The van der Waals surface area contributed by atoms with Gasteiger partial charge < -0.3 is 20.5 Å². The molecule has 2 aromatic carbocycles. The fourth-order valence-corrected chi connectivity index (χ4v) is 5.03. The standard InChI is InChI=1S/C29H35N5OS/c1-29(2,3)26(34(17-10-16-30)28(35)31-24-15-18-36-21-24)27-32-25(23-13-8-5-9-14-23)20-33(27)19-22-11-6-4-7-12-22/h4-9,11-15,18,20-21,26H,10,16-17,19,30H2,1-3H3,(H,31,35). The lowest BCUT2D eigenvalue weighted by atomic mass is 9.84. The Morgan fingerprint density at radius 3 is 2.39 bits per heavy atom. The van der Waals surface area contributed by atoms with Gasteiger partial charge in [0.25, 0.3) is 0 Å². The summed E-state index contributed by atoms with van der Waals surface area (Å²) in [6.45, 7) is 8.19. The van der Waals surface area contributed by atoms with E-state index in [2.05, 4.69) is 61.1 Å². The summed E-state index contributed by atoms with van der Waals surface area (Å²) >= 11 is 1.56. The van der Waals surface area contributed by atoms with Crippen molar-refractivity contribution in [3.8, 4) is 11.3 Å². The Labute approximate surface area is 217 Å². The van der Waals surface area contributed by atoms with Gasteiger partial charge in [0.05, 0.1) is 17.4 Å². The van der Waals surface area contributed by atoms with Crippen LogP contribution in [0.2, 0.25) is 0 Å². The van der Waals surface area contributed by atoms with Crippen LogP contribution in [-0.2, 0) is 6.54 Å². The maximum Gasteiger partial charge on any atom is 0.322 e. The minimum absolute atomic E-state index is 0.141. The Balaban J connectivity index is 1.81. The van der Waals surface area contributed by atoms with E-state index in [1.54, 1.807) is 11.3 Å². The number of benzene rings is 2. The zero-order valence-electron chi connectivity index (χ0n) is 21.2. The largest absolute Gasteiger partial charge is 0.330 e. The molecule has 0 aliphatic rings. The average Bonchev–Trinajstić information content (AvgIpc) is 3.52.